The van der Waals surface area contributed by atoms with Crippen molar-refractivity contribution in [3.8, 4) is 22.8 Å². The second kappa shape index (κ2) is 11.7. The maximum atomic E-state index is 13.1. The molecule has 0 bridgehead atoms. The van der Waals surface area contributed by atoms with Gasteiger partial charge in [0.2, 0.25) is 5.91 Å². The molecule has 9 heteroatoms. The highest BCUT2D eigenvalue weighted by atomic mass is 35.5. The maximum Gasteiger partial charge on any atom is 0.233 e. The van der Waals surface area contributed by atoms with Gasteiger partial charge < -0.3 is 14.5 Å². The van der Waals surface area contributed by atoms with Crippen molar-refractivity contribution in [3.63, 3.8) is 0 Å². The van der Waals surface area contributed by atoms with Gasteiger partial charge in [0.1, 0.15) is 5.75 Å². The number of rotatable bonds is 8. The molecule has 5 rings (SSSR count). The topological polar surface area (TPSA) is 63.5 Å². The number of ether oxygens (including phenoxy) is 1. The van der Waals surface area contributed by atoms with E-state index in [0.29, 0.717) is 35.7 Å². The van der Waals surface area contributed by atoms with Crippen LogP contribution in [0.3, 0.4) is 0 Å². The third-order valence-corrected chi connectivity index (χ3v) is 7.47. The first kappa shape index (κ1) is 25.2. The molecule has 0 radical (unpaired) electrons. The Labute approximate surface area is 226 Å². The summed E-state index contributed by atoms with van der Waals surface area (Å²) >= 11 is 7.87. The number of thioether (sulfide) groups is 1. The van der Waals surface area contributed by atoms with E-state index in [1.54, 1.807) is 0 Å². The van der Waals surface area contributed by atoms with Gasteiger partial charge in [-0.15, -0.1) is 10.2 Å². The molecule has 1 fully saturated rings. The summed E-state index contributed by atoms with van der Waals surface area (Å²) in [5.74, 6) is 1.90. The molecule has 1 aliphatic heterocycles. The Morgan fingerprint density at radius 2 is 1.62 bits per heavy atom. The highest BCUT2D eigenvalue weighted by Crippen LogP contribution is 2.32. The molecular formula is C28H28ClN5O2S. The SMILES string of the molecule is CCOc1ccccc1N1CCN(C(=O)CSc2nnc(-c3ccccc3Cl)n2-c2ccccc2)CC1. The highest BCUT2D eigenvalue weighted by Gasteiger charge is 2.24. The van der Waals surface area contributed by atoms with Gasteiger partial charge in [-0.1, -0.05) is 65.8 Å². The molecule has 0 aliphatic carbocycles. The third-order valence-electron chi connectivity index (χ3n) is 6.23. The Hall–Kier alpha value is -3.49. The van der Waals surface area contributed by atoms with Crippen molar-refractivity contribution in [1.29, 1.82) is 0 Å². The molecule has 0 unspecified atom stereocenters. The number of piperazine rings is 1. The molecule has 190 valence electrons. The van der Waals surface area contributed by atoms with E-state index in [0.717, 1.165) is 35.8 Å². The molecular weight excluding hydrogens is 506 g/mol. The number of anilines is 1. The summed E-state index contributed by atoms with van der Waals surface area (Å²) in [7, 11) is 0. The number of hydrogen-bond donors (Lipinski definition) is 0. The van der Waals surface area contributed by atoms with Gasteiger partial charge in [0.25, 0.3) is 0 Å². The van der Waals surface area contributed by atoms with Gasteiger partial charge in [-0.2, -0.15) is 0 Å². The van der Waals surface area contributed by atoms with Gasteiger partial charge in [-0.3, -0.25) is 9.36 Å². The Balaban J connectivity index is 1.28. The highest BCUT2D eigenvalue weighted by molar-refractivity contribution is 7.99. The molecule has 0 atom stereocenters. The van der Waals surface area contributed by atoms with Crippen molar-refractivity contribution in [2.24, 2.45) is 0 Å². The summed E-state index contributed by atoms with van der Waals surface area (Å²) in [5.41, 5.74) is 2.79. The van der Waals surface area contributed by atoms with E-state index >= 15 is 0 Å². The van der Waals surface area contributed by atoms with E-state index < -0.39 is 0 Å². The second-order valence-corrected chi connectivity index (χ2v) is 9.86. The zero-order valence-corrected chi connectivity index (χ0v) is 22.2. The third kappa shape index (κ3) is 5.60. The largest absolute Gasteiger partial charge is 0.492 e. The van der Waals surface area contributed by atoms with Crippen LogP contribution >= 0.6 is 23.4 Å². The van der Waals surface area contributed by atoms with Crippen LogP contribution in [0.1, 0.15) is 6.92 Å². The van der Waals surface area contributed by atoms with E-state index in [9.17, 15) is 4.79 Å². The summed E-state index contributed by atoms with van der Waals surface area (Å²) in [6, 6.07) is 25.5. The minimum Gasteiger partial charge on any atom is -0.492 e. The second-order valence-electron chi connectivity index (χ2n) is 8.51. The Morgan fingerprint density at radius 3 is 2.38 bits per heavy atom. The van der Waals surface area contributed by atoms with Crippen molar-refractivity contribution in [2.75, 3.05) is 43.4 Å². The molecule has 2 heterocycles. The van der Waals surface area contributed by atoms with Crippen LogP contribution in [0, 0.1) is 0 Å². The molecule has 0 spiro atoms. The van der Waals surface area contributed by atoms with E-state index in [2.05, 4.69) is 21.2 Å². The standard InChI is InChI=1S/C28H28ClN5O2S/c1-2-36-25-15-9-8-14-24(25)32-16-18-33(19-17-32)26(35)20-37-28-31-30-27(22-12-6-7-13-23(22)29)34(28)21-10-4-3-5-11-21/h3-15H,2,16-20H2,1H3. The number of hydrogen-bond acceptors (Lipinski definition) is 6. The number of halogens is 1. The van der Waals surface area contributed by atoms with Crippen LogP contribution in [-0.4, -0.2) is 64.1 Å². The smallest absolute Gasteiger partial charge is 0.233 e. The lowest BCUT2D eigenvalue weighted by molar-refractivity contribution is -0.128. The molecule has 1 aliphatic rings. The van der Waals surface area contributed by atoms with E-state index in [1.165, 1.54) is 11.8 Å². The van der Waals surface area contributed by atoms with Gasteiger partial charge in [0.05, 0.1) is 23.1 Å². The number of para-hydroxylation sites is 3. The first-order valence-electron chi connectivity index (χ1n) is 12.3. The first-order valence-corrected chi connectivity index (χ1v) is 13.6. The number of benzene rings is 3. The van der Waals surface area contributed by atoms with Gasteiger partial charge in [-0.05, 0) is 43.3 Å². The average Bonchev–Trinajstić information content (AvgIpc) is 3.37. The lowest BCUT2D eigenvalue weighted by atomic mass is 10.2. The van der Waals surface area contributed by atoms with Crippen LogP contribution in [0.15, 0.2) is 84.0 Å². The summed E-state index contributed by atoms with van der Waals surface area (Å²) in [5, 5.41) is 10.1. The Kier molecular flexibility index (Phi) is 7.96. The monoisotopic (exact) mass is 533 g/mol. The van der Waals surface area contributed by atoms with E-state index in [1.807, 2.05) is 89.2 Å². The maximum absolute atomic E-state index is 13.1. The Morgan fingerprint density at radius 1 is 0.919 bits per heavy atom. The number of nitrogens with zero attached hydrogens (tertiary/aromatic N) is 5. The summed E-state index contributed by atoms with van der Waals surface area (Å²) in [4.78, 5) is 17.3. The van der Waals surface area contributed by atoms with Gasteiger partial charge in [0, 0.05) is 37.4 Å². The van der Waals surface area contributed by atoms with Crippen LogP contribution in [-0.2, 0) is 4.79 Å². The van der Waals surface area contributed by atoms with Crippen LogP contribution in [0.5, 0.6) is 5.75 Å². The molecule has 0 N–H and O–H groups in total. The van der Waals surface area contributed by atoms with Crippen molar-refractivity contribution in [3.05, 3.63) is 83.9 Å². The first-order chi connectivity index (χ1) is 18.2. The van der Waals surface area contributed by atoms with Gasteiger partial charge >= 0.3 is 0 Å². The van der Waals surface area contributed by atoms with Crippen molar-refractivity contribution in [2.45, 2.75) is 12.1 Å². The number of amides is 1. The van der Waals surface area contributed by atoms with Gasteiger partial charge in [0.15, 0.2) is 11.0 Å². The summed E-state index contributed by atoms with van der Waals surface area (Å²) < 4.78 is 7.75. The molecule has 3 aromatic carbocycles. The zero-order valence-electron chi connectivity index (χ0n) is 20.6. The minimum absolute atomic E-state index is 0.0876. The molecule has 1 saturated heterocycles. The normalized spacial score (nSPS) is 13.6. The number of aromatic nitrogens is 3. The lowest BCUT2D eigenvalue weighted by Crippen LogP contribution is -2.49. The molecule has 4 aromatic rings. The van der Waals surface area contributed by atoms with Gasteiger partial charge in [-0.25, -0.2) is 0 Å². The van der Waals surface area contributed by atoms with Crippen molar-refractivity contribution < 1.29 is 9.53 Å². The van der Waals surface area contributed by atoms with Crippen LogP contribution in [0.25, 0.3) is 17.1 Å². The van der Waals surface area contributed by atoms with Crippen LogP contribution in [0.4, 0.5) is 5.69 Å². The number of carbonyl (C=O) groups excluding carboxylic acids is 1. The van der Waals surface area contributed by atoms with Crippen molar-refractivity contribution >= 4 is 35.0 Å². The van der Waals surface area contributed by atoms with E-state index in [-0.39, 0.29) is 11.7 Å². The fraction of sp³-hybridized carbons (Fsp3) is 0.250. The molecule has 37 heavy (non-hydrogen) atoms. The fourth-order valence-corrected chi connectivity index (χ4v) is 5.48. The molecule has 1 aromatic heterocycles. The zero-order chi connectivity index (χ0) is 25.6. The predicted octanol–water partition coefficient (Wildman–Crippen LogP) is 5.43. The molecule has 1 amide bonds. The number of carbonyl (C=O) groups is 1. The molecule has 7 nitrogen and oxygen atoms in total. The quantitative estimate of drug-likeness (QED) is 0.281. The average molecular weight is 534 g/mol. The van der Waals surface area contributed by atoms with Crippen LogP contribution in [0.2, 0.25) is 5.02 Å². The van der Waals surface area contributed by atoms with Crippen molar-refractivity contribution in [1.82, 2.24) is 19.7 Å². The van der Waals surface area contributed by atoms with Crippen LogP contribution < -0.4 is 9.64 Å². The Bertz CT molecular complexity index is 1360. The minimum atomic E-state index is 0.0876. The van der Waals surface area contributed by atoms with E-state index in [4.69, 9.17) is 16.3 Å². The lowest BCUT2D eigenvalue weighted by Gasteiger charge is -2.36. The fourth-order valence-electron chi connectivity index (χ4n) is 4.40. The predicted molar refractivity (Wildman–Crippen MR) is 149 cm³/mol. The summed E-state index contributed by atoms with van der Waals surface area (Å²) in [6.07, 6.45) is 0. The summed E-state index contributed by atoms with van der Waals surface area (Å²) in [6.45, 7) is 5.46. The molecule has 0 saturated carbocycles.